The molecule has 2 heterocycles. The number of aromatic amines is 1. The fraction of sp³-hybridized carbons (Fsp3) is 0.571. The third-order valence-corrected chi connectivity index (χ3v) is 4.32. The first-order chi connectivity index (χ1) is 10.9. The van der Waals surface area contributed by atoms with E-state index in [-0.39, 0.29) is 17.6 Å². The van der Waals surface area contributed by atoms with Crippen molar-refractivity contribution in [3.05, 3.63) is 22.7 Å². The lowest BCUT2D eigenvalue weighted by Crippen LogP contribution is -2.25. The van der Waals surface area contributed by atoms with Crippen molar-refractivity contribution < 1.29 is 4.79 Å². The van der Waals surface area contributed by atoms with Crippen molar-refractivity contribution in [1.82, 2.24) is 24.5 Å². The van der Waals surface area contributed by atoms with Gasteiger partial charge in [-0.25, -0.2) is 14.6 Å². The summed E-state index contributed by atoms with van der Waals surface area (Å²) in [5, 5.41) is 13.6. The van der Waals surface area contributed by atoms with Gasteiger partial charge in [-0.3, -0.25) is 9.36 Å². The molecule has 0 radical (unpaired) electrons. The van der Waals surface area contributed by atoms with E-state index in [1.807, 2.05) is 20.8 Å². The Morgan fingerprint density at radius 1 is 1.43 bits per heavy atom. The molecule has 0 saturated carbocycles. The molecule has 126 valence electrons. The molecule has 2 aromatic heterocycles. The van der Waals surface area contributed by atoms with Crippen LogP contribution in [0.1, 0.15) is 40.2 Å². The SMILES string of the molecule is CCCn1c(S[C@H](C)C(=O)Nc2ccnn2C(C)C)n[nH]c1=O. The molecule has 0 saturated heterocycles. The normalized spacial score (nSPS) is 12.6. The number of hydrogen-bond acceptors (Lipinski definition) is 5. The van der Waals surface area contributed by atoms with Crippen LogP contribution in [0.15, 0.2) is 22.2 Å². The molecular weight excluding hydrogens is 316 g/mol. The molecule has 0 fully saturated rings. The summed E-state index contributed by atoms with van der Waals surface area (Å²) in [4.78, 5) is 24.0. The van der Waals surface area contributed by atoms with E-state index in [2.05, 4.69) is 20.6 Å². The van der Waals surface area contributed by atoms with Crippen LogP contribution in [0.4, 0.5) is 5.82 Å². The number of carbonyl (C=O) groups excluding carboxylic acids is 1. The minimum absolute atomic E-state index is 0.157. The van der Waals surface area contributed by atoms with E-state index in [0.29, 0.717) is 17.5 Å². The number of amides is 1. The largest absolute Gasteiger partial charge is 0.343 e. The maximum absolute atomic E-state index is 12.4. The van der Waals surface area contributed by atoms with E-state index in [4.69, 9.17) is 0 Å². The van der Waals surface area contributed by atoms with E-state index < -0.39 is 5.25 Å². The molecule has 2 aromatic rings. The van der Waals surface area contributed by atoms with Gasteiger partial charge in [0, 0.05) is 18.7 Å². The highest BCUT2D eigenvalue weighted by atomic mass is 32.2. The maximum atomic E-state index is 12.4. The van der Waals surface area contributed by atoms with Crippen molar-refractivity contribution in [2.75, 3.05) is 5.32 Å². The minimum atomic E-state index is -0.392. The van der Waals surface area contributed by atoms with Crippen molar-refractivity contribution in [3.8, 4) is 0 Å². The Morgan fingerprint density at radius 2 is 2.17 bits per heavy atom. The molecular formula is C14H22N6O2S. The molecule has 2 N–H and O–H groups in total. The Hall–Kier alpha value is -2.03. The van der Waals surface area contributed by atoms with Crippen LogP contribution in [0.5, 0.6) is 0 Å². The quantitative estimate of drug-likeness (QED) is 0.751. The predicted octanol–water partition coefficient (Wildman–Crippen LogP) is 1.88. The minimum Gasteiger partial charge on any atom is -0.310 e. The molecule has 0 unspecified atom stereocenters. The lowest BCUT2D eigenvalue weighted by molar-refractivity contribution is -0.115. The smallest absolute Gasteiger partial charge is 0.310 e. The zero-order chi connectivity index (χ0) is 17.0. The fourth-order valence-corrected chi connectivity index (χ4v) is 2.96. The first-order valence-electron chi connectivity index (χ1n) is 7.60. The number of rotatable bonds is 7. The number of hydrogen-bond donors (Lipinski definition) is 2. The van der Waals surface area contributed by atoms with Gasteiger partial charge >= 0.3 is 5.69 Å². The van der Waals surface area contributed by atoms with E-state index in [9.17, 15) is 9.59 Å². The van der Waals surface area contributed by atoms with E-state index in [1.165, 1.54) is 11.8 Å². The van der Waals surface area contributed by atoms with Crippen LogP contribution in [0, 0.1) is 0 Å². The van der Waals surface area contributed by atoms with Gasteiger partial charge in [0.2, 0.25) is 5.91 Å². The average Bonchev–Trinajstić information content (AvgIpc) is 3.09. The number of H-pyrrole nitrogens is 1. The summed E-state index contributed by atoms with van der Waals surface area (Å²) in [6.07, 6.45) is 2.47. The zero-order valence-corrected chi connectivity index (χ0v) is 14.6. The standard InChI is InChI=1S/C14H22N6O2S/c1-5-8-19-13(22)17-18-14(19)23-10(4)12(21)16-11-6-7-15-20(11)9(2)3/h6-7,9-10H,5,8H2,1-4H3,(H,16,21)(H,17,22)/t10-/m1/s1. The highest BCUT2D eigenvalue weighted by molar-refractivity contribution is 8.00. The number of thioether (sulfide) groups is 1. The van der Waals surface area contributed by atoms with Gasteiger partial charge in [-0.2, -0.15) is 5.10 Å². The topological polar surface area (TPSA) is 97.6 Å². The van der Waals surface area contributed by atoms with Crippen molar-refractivity contribution in [3.63, 3.8) is 0 Å². The highest BCUT2D eigenvalue weighted by Gasteiger charge is 2.20. The second-order valence-corrected chi connectivity index (χ2v) is 6.78. The molecule has 0 spiro atoms. The number of nitrogens with zero attached hydrogens (tertiary/aromatic N) is 4. The van der Waals surface area contributed by atoms with E-state index in [1.54, 1.807) is 28.4 Å². The van der Waals surface area contributed by atoms with Crippen LogP contribution < -0.4 is 11.0 Å². The van der Waals surface area contributed by atoms with Crippen molar-refractivity contribution >= 4 is 23.5 Å². The van der Waals surface area contributed by atoms with Gasteiger partial charge in [0.1, 0.15) is 5.82 Å². The van der Waals surface area contributed by atoms with Crippen molar-refractivity contribution in [2.45, 2.75) is 57.1 Å². The van der Waals surface area contributed by atoms with E-state index >= 15 is 0 Å². The monoisotopic (exact) mass is 338 g/mol. The molecule has 0 bridgehead atoms. The Balaban J connectivity index is 2.06. The van der Waals surface area contributed by atoms with Crippen LogP contribution >= 0.6 is 11.8 Å². The molecule has 0 aliphatic heterocycles. The summed E-state index contributed by atoms with van der Waals surface area (Å²) in [5.74, 6) is 0.501. The number of aromatic nitrogens is 5. The predicted molar refractivity (Wildman–Crippen MR) is 89.7 cm³/mol. The van der Waals surface area contributed by atoms with Crippen LogP contribution in [0.3, 0.4) is 0 Å². The third-order valence-electron chi connectivity index (χ3n) is 3.23. The van der Waals surface area contributed by atoms with Gasteiger partial charge in [-0.1, -0.05) is 18.7 Å². The summed E-state index contributed by atoms with van der Waals surface area (Å²) in [6.45, 7) is 8.33. The van der Waals surface area contributed by atoms with Crippen LogP contribution in [0.25, 0.3) is 0 Å². The second kappa shape index (κ2) is 7.49. The van der Waals surface area contributed by atoms with Gasteiger partial charge < -0.3 is 5.32 Å². The molecule has 1 atom stereocenters. The van der Waals surface area contributed by atoms with Crippen LogP contribution in [-0.2, 0) is 11.3 Å². The zero-order valence-electron chi connectivity index (χ0n) is 13.7. The molecule has 0 aliphatic rings. The summed E-state index contributed by atoms with van der Waals surface area (Å²) in [5.41, 5.74) is -0.250. The number of carbonyl (C=O) groups is 1. The Morgan fingerprint density at radius 3 is 2.83 bits per heavy atom. The van der Waals surface area contributed by atoms with Gasteiger partial charge in [0.05, 0.1) is 11.4 Å². The van der Waals surface area contributed by atoms with Gasteiger partial charge in [0.25, 0.3) is 0 Å². The lowest BCUT2D eigenvalue weighted by Gasteiger charge is -2.14. The summed E-state index contributed by atoms with van der Waals surface area (Å²) in [7, 11) is 0. The first-order valence-corrected chi connectivity index (χ1v) is 8.48. The third kappa shape index (κ3) is 4.04. The number of anilines is 1. The molecule has 2 rings (SSSR count). The molecule has 8 nitrogen and oxygen atoms in total. The van der Waals surface area contributed by atoms with E-state index in [0.717, 1.165) is 6.42 Å². The second-order valence-electron chi connectivity index (χ2n) is 5.47. The summed E-state index contributed by atoms with van der Waals surface area (Å²) < 4.78 is 3.30. The summed E-state index contributed by atoms with van der Waals surface area (Å²) >= 11 is 1.25. The lowest BCUT2D eigenvalue weighted by atomic mass is 10.4. The Labute approximate surface area is 138 Å². The highest BCUT2D eigenvalue weighted by Crippen LogP contribution is 2.22. The maximum Gasteiger partial charge on any atom is 0.343 e. The van der Waals surface area contributed by atoms with Gasteiger partial charge in [-0.15, -0.1) is 5.10 Å². The molecule has 0 aromatic carbocycles. The van der Waals surface area contributed by atoms with Crippen LogP contribution in [-0.4, -0.2) is 35.7 Å². The Kier molecular flexibility index (Phi) is 5.64. The Bertz CT molecular complexity index is 717. The van der Waals surface area contributed by atoms with Crippen molar-refractivity contribution in [1.29, 1.82) is 0 Å². The van der Waals surface area contributed by atoms with Gasteiger partial charge in [-0.05, 0) is 27.2 Å². The summed E-state index contributed by atoms with van der Waals surface area (Å²) in [6, 6.07) is 1.92. The fourth-order valence-electron chi connectivity index (χ4n) is 2.08. The number of nitrogens with one attached hydrogen (secondary N) is 2. The molecule has 23 heavy (non-hydrogen) atoms. The van der Waals surface area contributed by atoms with Crippen molar-refractivity contribution in [2.24, 2.45) is 0 Å². The molecule has 9 heteroatoms. The van der Waals surface area contributed by atoms with Gasteiger partial charge in [0.15, 0.2) is 5.16 Å². The molecule has 1 amide bonds. The first kappa shape index (κ1) is 17.3. The average molecular weight is 338 g/mol. The van der Waals surface area contributed by atoms with Crippen LogP contribution in [0.2, 0.25) is 0 Å². The molecule has 0 aliphatic carbocycles.